The fraction of sp³-hybridized carbons (Fsp3) is 0.278. The van der Waals surface area contributed by atoms with Gasteiger partial charge in [-0.15, -0.1) is 0 Å². The number of hydrogen-bond donors (Lipinski definition) is 1. The summed E-state index contributed by atoms with van der Waals surface area (Å²) in [6, 6.07) is 11.9. The van der Waals surface area contributed by atoms with E-state index in [-0.39, 0.29) is 12.3 Å². The van der Waals surface area contributed by atoms with Crippen molar-refractivity contribution in [1.29, 1.82) is 0 Å². The monoisotopic (exact) mass is 394 g/mol. The van der Waals surface area contributed by atoms with E-state index >= 15 is 0 Å². The number of ether oxygens (including phenoxy) is 1. The summed E-state index contributed by atoms with van der Waals surface area (Å²) in [7, 11) is -3.53. The number of amides is 1. The van der Waals surface area contributed by atoms with Crippen LogP contribution in [0, 0.1) is 6.92 Å². The van der Waals surface area contributed by atoms with Crippen molar-refractivity contribution >= 4 is 38.9 Å². The molecule has 0 spiro atoms. The van der Waals surface area contributed by atoms with Crippen LogP contribution < -0.4 is 14.4 Å². The third-order valence-electron chi connectivity index (χ3n) is 4.17. The van der Waals surface area contributed by atoms with Gasteiger partial charge < -0.3 is 10.1 Å². The minimum atomic E-state index is -3.53. The molecule has 26 heavy (non-hydrogen) atoms. The molecule has 1 aliphatic heterocycles. The van der Waals surface area contributed by atoms with Crippen LogP contribution in [0.1, 0.15) is 12.5 Å². The van der Waals surface area contributed by atoms with E-state index in [0.29, 0.717) is 22.1 Å². The molecule has 138 valence electrons. The number of fused-ring (bicyclic) bond motifs is 1. The number of hydrogen-bond acceptors (Lipinski definition) is 4. The van der Waals surface area contributed by atoms with Gasteiger partial charge in [-0.05, 0) is 49.7 Å². The fourth-order valence-corrected chi connectivity index (χ4v) is 4.09. The Kier molecular flexibility index (Phi) is 5.11. The molecule has 3 rings (SSSR count). The summed E-state index contributed by atoms with van der Waals surface area (Å²) in [5, 5.41) is 3.36. The Bertz CT molecular complexity index is 946. The Labute approximate surface area is 157 Å². The zero-order valence-corrected chi connectivity index (χ0v) is 16.0. The van der Waals surface area contributed by atoms with Crippen LogP contribution in [-0.4, -0.2) is 32.7 Å². The molecule has 0 saturated carbocycles. The second-order valence-corrected chi connectivity index (χ2v) is 8.57. The molecule has 0 aliphatic carbocycles. The number of halogens is 1. The van der Waals surface area contributed by atoms with Crippen LogP contribution in [-0.2, 0) is 14.8 Å². The van der Waals surface area contributed by atoms with Gasteiger partial charge in [0.2, 0.25) is 10.0 Å². The van der Waals surface area contributed by atoms with Gasteiger partial charge in [0.15, 0.2) is 6.10 Å². The first-order chi connectivity index (χ1) is 12.3. The predicted molar refractivity (Wildman–Crippen MR) is 102 cm³/mol. The van der Waals surface area contributed by atoms with Crippen LogP contribution in [0.15, 0.2) is 42.5 Å². The number of anilines is 2. The zero-order chi connectivity index (χ0) is 18.9. The highest BCUT2D eigenvalue weighted by Gasteiger charge is 2.36. The first kappa shape index (κ1) is 18.5. The number of aryl methyl sites for hydroxylation is 1. The van der Waals surface area contributed by atoms with Gasteiger partial charge in [0.1, 0.15) is 5.75 Å². The molecule has 6 nitrogen and oxygen atoms in total. The van der Waals surface area contributed by atoms with Crippen molar-refractivity contribution in [3.8, 4) is 5.75 Å². The summed E-state index contributed by atoms with van der Waals surface area (Å²) in [6.07, 6.45) is -0.957. The molecule has 0 saturated heterocycles. The third kappa shape index (κ3) is 3.64. The smallest absolute Gasteiger partial charge is 0.267 e. The lowest BCUT2D eigenvalue weighted by atomic mass is 10.1. The summed E-state index contributed by atoms with van der Waals surface area (Å²) >= 11 is 5.93. The molecule has 1 N–H and O–H groups in total. The number of nitrogens with one attached hydrogen (secondary N) is 1. The van der Waals surface area contributed by atoms with Crippen molar-refractivity contribution in [3.05, 3.63) is 53.1 Å². The average molecular weight is 395 g/mol. The molecule has 0 bridgehead atoms. The van der Waals surface area contributed by atoms with E-state index in [9.17, 15) is 13.2 Å². The van der Waals surface area contributed by atoms with Gasteiger partial charge in [-0.25, -0.2) is 8.42 Å². The summed E-state index contributed by atoms with van der Waals surface area (Å²) in [6.45, 7) is 3.32. The maximum absolute atomic E-state index is 12.7. The standard InChI is InChI=1S/C18H19ClN2O4S/c1-3-26(23,24)21-11-17(25-16-7-5-4-6-15(16)21)18(22)20-14-9-8-13(19)10-12(14)2/h4-10,17H,3,11H2,1-2H3,(H,20,22). The van der Waals surface area contributed by atoms with Crippen molar-refractivity contribution < 1.29 is 17.9 Å². The van der Waals surface area contributed by atoms with E-state index in [1.807, 2.05) is 6.92 Å². The highest BCUT2D eigenvalue weighted by atomic mass is 35.5. The Balaban J connectivity index is 1.88. The number of para-hydroxylation sites is 2. The summed E-state index contributed by atoms with van der Waals surface area (Å²) in [4.78, 5) is 12.7. The van der Waals surface area contributed by atoms with Crippen LogP contribution in [0.3, 0.4) is 0 Å². The van der Waals surface area contributed by atoms with Crippen molar-refractivity contribution in [2.24, 2.45) is 0 Å². The van der Waals surface area contributed by atoms with Gasteiger partial charge in [0.05, 0.1) is 18.0 Å². The lowest BCUT2D eigenvalue weighted by Gasteiger charge is -2.34. The Morgan fingerprint density at radius 2 is 2.04 bits per heavy atom. The van der Waals surface area contributed by atoms with E-state index < -0.39 is 22.0 Å². The van der Waals surface area contributed by atoms with E-state index in [2.05, 4.69) is 5.32 Å². The van der Waals surface area contributed by atoms with E-state index in [1.165, 1.54) is 4.31 Å². The summed E-state index contributed by atoms with van der Waals surface area (Å²) < 4.78 is 31.9. The fourth-order valence-electron chi connectivity index (χ4n) is 2.74. The molecule has 8 heteroatoms. The van der Waals surface area contributed by atoms with E-state index in [1.54, 1.807) is 49.4 Å². The van der Waals surface area contributed by atoms with Crippen LogP contribution in [0.4, 0.5) is 11.4 Å². The minimum absolute atomic E-state index is 0.0635. The second-order valence-electron chi connectivity index (χ2n) is 5.95. The van der Waals surface area contributed by atoms with Crippen LogP contribution in [0.5, 0.6) is 5.75 Å². The second kappa shape index (κ2) is 7.17. The highest BCUT2D eigenvalue weighted by Crippen LogP contribution is 2.35. The number of rotatable bonds is 4. The topological polar surface area (TPSA) is 75.7 Å². The predicted octanol–water partition coefficient (Wildman–Crippen LogP) is 3.20. The molecule has 1 atom stereocenters. The number of benzene rings is 2. The molecule has 2 aromatic rings. The van der Waals surface area contributed by atoms with E-state index in [4.69, 9.17) is 16.3 Å². The normalized spacial score (nSPS) is 16.6. The van der Waals surface area contributed by atoms with Gasteiger partial charge in [0.25, 0.3) is 5.91 Å². The first-order valence-corrected chi connectivity index (χ1v) is 10.1. The lowest BCUT2D eigenvalue weighted by Crippen LogP contribution is -2.49. The Morgan fingerprint density at radius 3 is 2.73 bits per heavy atom. The average Bonchev–Trinajstić information content (AvgIpc) is 2.63. The minimum Gasteiger partial charge on any atom is -0.476 e. The molecule has 1 aliphatic rings. The van der Waals surface area contributed by atoms with Crippen molar-refractivity contribution in [3.63, 3.8) is 0 Å². The first-order valence-electron chi connectivity index (χ1n) is 8.15. The summed E-state index contributed by atoms with van der Waals surface area (Å²) in [5.74, 6) is -0.114. The van der Waals surface area contributed by atoms with Gasteiger partial charge in [-0.3, -0.25) is 9.10 Å². The molecule has 0 fully saturated rings. The highest BCUT2D eigenvalue weighted by molar-refractivity contribution is 7.92. The number of carbonyl (C=O) groups is 1. The molecule has 0 radical (unpaired) electrons. The molecule has 1 heterocycles. The number of nitrogens with zero attached hydrogens (tertiary/aromatic N) is 1. The molecule has 1 unspecified atom stereocenters. The van der Waals surface area contributed by atoms with Gasteiger partial charge in [-0.1, -0.05) is 23.7 Å². The number of carbonyl (C=O) groups excluding carboxylic acids is 1. The quantitative estimate of drug-likeness (QED) is 0.863. The van der Waals surface area contributed by atoms with Gasteiger partial charge in [0, 0.05) is 10.7 Å². The van der Waals surface area contributed by atoms with Gasteiger partial charge in [-0.2, -0.15) is 0 Å². The molecule has 1 amide bonds. The van der Waals surface area contributed by atoms with Crippen LogP contribution >= 0.6 is 11.6 Å². The van der Waals surface area contributed by atoms with Crippen LogP contribution in [0.25, 0.3) is 0 Å². The van der Waals surface area contributed by atoms with Crippen molar-refractivity contribution in [1.82, 2.24) is 0 Å². The summed E-state index contributed by atoms with van der Waals surface area (Å²) in [5.41, 5.74) is 1.85. The SMILES string of the molecule is CCS(=O)(=O)N1CC(C(=O)Nc2ccc(Cl)cc2C)Oc2ccccc21. The molecular weight excluding hydrogens is 376 g/mol. The van der Waals surface area contributed by atoms with Crippen molar-refractivity contribution in [2.75, 3.05) is 21.9 Å². The molecular formula is C18H19ClN2O4S. The lowest BCUT2D eigenvalue weighted by molar-refractivity contribution is -0.122. The largest absolute Gasteiger partial charge is 0.476 e. The Hall–Kier alpha value is -2.25. The molecule has 2 aromatic carbocycles. The van der Waals surface area contributed by atoms with Gasteiger partial charge >= 0.3 is 0 Å². The number of sulfonamides is 1. The molecule has 0 aromatic heterocycles. The maximum atomic E-state index is 12.7. The maximum Gasteiger partial charge on any atom is 0.267 e. The zero-order valence-electron chi connectivity index (χ0n) is 14.4. The van der Waals surface area contributed by atoms with Crippen LogP contribution in [0.2, 0.25) is 5.02 Å². The van der Waals surface area contributed by atoms with E-state index in [0.717, 1.165) is 5.56 Å². The Morgan fingerprint density at radius 1 is 1.31 bits per heavy atom. The third-order valence-corrected chi connectivity index (χ3v) is 6.16. The van der Waals surface area contributed by atoms with Crippen molar-refractivity contribution in [2.45, 2.75) is 20.0 Å².